The van der Waals surface area contributed by atoms with E-state index >= 15 is 0 Å². The summed E-state index contributed by atoms with van der Waals surface area (Å²) in [7, 11) is 0. The van der Waals surface area contributed by atoms with Crippen LogP contribution in [-0.4, -0.2) is 0 Å². The summed E-state index contributed by atoms with van der Waals surface area (Å²) < 4.78 is 0. The van der Waals surface area contributed by atoms with Crippen LogP contribution < -0.4 is 10.6 Å². The summed E-state index contributed by atoms with van der Waals surface area (Å²) in [6.07, 6.45) is 9.85. The Balaban J connectivity index is 1.03. The SMILES string of the molecule is C=C/C=C\C=C/c1ccc(-c2cccc(-c3ccc(N(c4ccc5c(c4)C(c4ccccc4)(c4ccccc4)c4ccccc4-5)c4cccc5ccccc45)cc3)c2)cc1-c1ccccc1N. The molecule has 0 heterocycles. The maximum absolute atomic E-state index is 6.57. The van der Waals surface area contributed by atoms with Crippen molar-refractivity contribution in [1.29, 1.82) is 0 Å². The van der Waals surface area contributed by atoms with Crippen LogP contribution in [0.1, 0.15) is 27.8 Å². The summed E-state index contributed by atoms with van der Waals surface area (Å²) >= 11 is 0. The molecule has 0 saturated heterocycles. The molecule has 318 valence electrons. The molecule has 0 aromatic heterocycles. The van der Waals surface area contributed by atoms with Crippen LogP contribution in [0.3, 0.4) is 0 Å². The van der Waals surface area contributed by atoms with Gasteiger partial charge in [0.25, 0.3) is 0 Å². The van der Waals surface area contributed by atoms with E-state index in [0.29, 0.717) is 0 Å². The molecular formula is C65H48N2. The van der Waals surface area contributed by atoms with Crippen LogP contribution in [0, 0.1) is 0 Å². The Morgan fingerprint density at radius 2 is 1.00 bits per heavy atom. The largest absolute Gasteiger partial charge is 0.398 e. The molecule has 0 radical (unpaired) electrons. The van der Waals surface area contributed by atoms with E-state index in [9.17, 15) is 0 Å². The molecule has 11 rings (SSSR count). The number of nitrogen functional groups attached to an aromatic ring is 1. The first kappa shape index (κ1) is 41.0. The standard InChI is InChI=1S/C65H48N2/c1-2-3-4-7-20-48-35-36-51(44-60(48)59-31-15-17-33-63(59)66)50-24-18-23-49(43-50)46-37-39-54(40-38-46)67(64-34-19-22-47-21-12-13-29-56(47)64)55-41-42-58-57-30-14-16-32-61(57)65(62(58)45-55,52-25-8-5-9-26-52)53-27-10-6-11-28-53/h2-45H,1,66H2/b4-3-,20-7-. The molecule has 2 heteroatoms. The normalized spacial score (nSPS) is 12.6. The van der Waals surface area contributed by atoms with Crippen molar-refractivity contribution >= 4 is 39.6 Å². The second-order valence-electron chi connectivity index (χ2n) is 17.1. The maximum atomic E-state index is 6.57. The number of para-hydroxylation sites is 1. The lowest BCUT2D eigenvalue weighted by Crippen LogP contribution is -2.28. The van der Waals surface area contributed by atoms with Crippen LogP contribution in [0.4, 0.5) is 22.7 Å². The monoisotopic (exact) mass is 856 g/mol. The van der Waals surface area contributed by atoms with E-state index in [1.807, 2.05) is 36.4 Å². The third-order valence-corrected chi connectivity index (χ3v) is 13.3. The van der Waals surface area contributed by atoms with Crippen LogP contribution in [0.25, 0.3) is 61.4 Å². The predicted molar refractivity (Wildman–Crippen MR) is 285 cm³/mol. The molecule has 0 fully saturated rings. The summed E-state index contributed by atoms with van der Waals surface area (Å²) in [5.41, 5.74) is 25.4. The predicted octanol–water partition coefficient (Wildman–Crippen LogP) is 17.0. The van der Waals surface area contributed by atoms with Crippen molar-refractivity contribution in [3.05, 3.63) is 295 Å². The topological polar surface area (TPSA) is 29.3 Å². The zero-order valence-corrected chi connectivity index (χ0v) is 37.1. The van der Waals surface area contributed by atoms with Gasteiger partial charge in [-0.1, -0.05) is 225 Å². The number of hydrogen-bond acceptors (Lipinski definition) is 2. The molecule has 10 aromatic carbocycles. The number of anilines is 4. The second kappa shape index (κ2) is 17.7. The van der Waals surface area contributed by atoms with Gasteiger partial charge in [-0.2, -0.15) is 0 Å². The summed E-state index contributed by atoms with van der Waals surface area (Å²) in [6.45, 7) is 3.80. The van der Waals surface area contributed by atoms with E-state index in [2.05, 4.69) is 236 Å². The molecule has 0 bridgehead atoms. The van der Waals surface area contributed by atoms with Gasteiger partial charge in [-0.25, -0.2) is 0 Å². The van der Waals surface area contributed by atoms with Crippen molar-refractivity contribution in [1.82, 2.24) is 0 Å². The summed E-state index contributed by atoms with van der Waals surface area (Å²) in [5.74, 6) is 0. The van der Waals surface area contributed by atoms with Crippen LogP contribution in [0.15, 0.2) is 267 Å². The van der Waals surface area contributed by atoms with Crippen molar-refractivity contribution in [3.8, 4) is 44.5 Å². The van der Waals surface area contributed by atoms with Crippen molar-refractivity contribution in [3.63, 3.8) is 0 Å². The summed E-state index contributed by atoms with van der Waals surface area (Å²) in [6, 6.07) is 86.0. The first-order chi connectivity index (χ1) is 33.1. The van der Waals surface area contributed by atoms with E-state index < -0.39 is 5.41 Å². The molecular weight excluding hydrogens is 809 g/mol. The molecule has 10 aromatic rings. The van der Waals surface area contributed by atoms with Gasteiger partial charge in [0.2, 0.25) is 0 Å². The molecule has 2 N–H and O–H groups in total. The Bertz CT molecular complexity index is 3440. The number of rotatable bonds is 11. The number of fused-ring (bicyclic) bond motifs is 4. The number of benzene rings is 10. The molecule has 2 nitrogen and oxygen atoms in total. The summed E-state index contributed by atoms with van der Waals surface area (Å²) in [5, 5.41) is 2.39. The van der Waals surface area contributed by atoms with Crippen LogP contribution in [0.5, 0.6) is 0 Å². The highest BCUT2D eigenvalue weighted by Gasteiger charge is 2.46. The maximum Gasteiger partial charge on any atom is 0.0714 e. The highest BCUT2D eigenvalue weighted by Crippen LogP contribution is 2.57. The molecule has 0 unspecified atom stereocenters. The average Bonchev–Trinajstić information content (AvgIpc) is 3.69. The highest BCUT2D eigenvalue weighted by molar-refractivity contribution is 6.00. The second-order valence-corrected chi connectivity index (χ2v) is 17.1. The molecule has 0 atom stereocenters. The van der Waals surface area contributed by atoms with Gasteiger partial charge in [-0.3, -0.25) is 0 Å². The third-order valence-electron chi connectivity index (χ3n) is 13.3. The minimum Gasteiger partial charge on any atom is -0.398 e. The fraction of sp³-hybridized carbons (Fsp3) is 0.0154. The molecule has 1 aliphatic rings. The van der Waals surface area contributed by atoms with Crippen molar-refractivity contribution in [2.75, 3.05) is 10.6 Å². The van der Waals surface area contributed by atoms with Crippen LogP contribution in [-0.2, 0) is 5.41 Å². The number of nitrogens with two attached hydrogens (primary N) is 1. The van der Waals surface area contributed by atoms with Gasteiger partial charge in [0.15, 0.2) is 0 Å². The van der Waals surface area contributed by atoms with Gasteiger partial charge in [0, 0.05) is 28.0 Å². The average molecular weight is 857 g/mol. The number of nitrogens with zero attached hydrogens (tertiary/aromatic N) is 1. The first-order valence-electron chi connectivity index (χ1n) is 22.9. The summed E-state index contributed by atoms with van der Waals surface area (Å²) in [4.78, 5) is 2.44. The fourth-order valence-electron chi connectivity index (χ4n) is 10.2. The Labute approximate surface area is 393 Å². The van der Waals surface area contributed by atoms with Crippen molar-refractivity contribution < 1.29 is 0 Å². The highest BCUT2D eigenvalue weighted by atomic mass is 15.1. The molecule has 67 heavy (non-hydrogen) atoms. The number of allylic oxidation sites excluding steroid dienone is 4. The molecule has 0 spiro atoms. The molecule has 0 amide bonds. The Morgan fingerprint density at radius 3 is 1.76 bits per heavy atom. The molecule has 0 saturated carbocycles. The Kier molecular flexibility index (Phi) is 10.8. The van der Waals surface area contributed by atoms with E-state index in [1.54, 1.807) is 6.08 Å². The lowest BCUT2D eigenvalue weighted by Gasteiger charge is -2.35. The van der Waals surface area contributed by atoms with Gasteiger partial charge in [-0.15, -0.1) is 0 Å². The van der Waals surface area contributed by atoms with Crippen LogP contribution >= 0.6 is 0 Å². The lowest BCUT2D eigenvalue weighted by molar-refractivity contribution is 0.768. The minimum atomic E-state index is -0.516. The van der Waals surface area contributed by atoms with Gasteiger partial charge in [-0.05, 0) is 121 Å². The van der Waals surface area contributed by atoms with Gasteiger partial charge >= 0.3 is 0 Å². The van der Waals surface area contributed by atoms with E-state index in [4.69, 9.17) is 5.73 Å². The molecule has 1 aliphatic carbocycles. The first-order valence-corrected chi connectivity index (χ1v) is 22.9. The van der Waals surface area contributed by atoms with Gasteiger partial charge in [0.1, 0.15) is 0 Å². The quantitative estimate of drug-likeness (QED) is 0.104. The zero-order chi connectivity index (χ0) is 45.2. The van der Waals surface area contributed by atoms with E-state index in [-0.39, 0.29) is 0 Å². The zero-order valence-electron chi connectivity index (χ0n) is 37.1. The smallest absolute Gasteiger partial charge is 0.0714 e. The number of hydrogen-bond donors (Lipinski definition) is 1. The third kappa shape index (κ3) is 7.35. The van der Waals surface area contributed by atoms with Crippen LogP contribution in [0.2, 0.25) is 0 Å². The van der Waals surface area contributed by atoms with Crippen molar-refractivity contribution in [2.24, 2.45) is 0 Å². The lowest BCUT2D eigenvalue weighted by atomic mass is 9.67. The van der Waals surface area contributed by atoms with E-state index in [1.165, 1.54) is 44.2 Å². The Hall–Kier alpha value is -8.72. The minimum absolute atomic E-state index is 0.516. The van der Waals surface area contributed by atoms with Crippen molar-refractivity contribution in [2.45, 2.75) is 5.41 Å². The van der Waals surface area contributed by atoms with Gasteiger partial charge < -0.3 is 10.6 Å². The van der Waals surface area contributed by atoms with E-state index in [0.717, 1.165) is 61.7 Å². The fourth-order valence-corrected chi connectivity index (χ4v) is 10.2. The van der Waals surface area contributed by atoms with Gasteiger partial charge in [0.05, 0.1) is 11.1 Å². The molecule has 0 aliphatic heterocycles. The Morgan fingerprint density at radius 1 is 0.403 bits per heavy atom.